The molecule has 1 fully saturated rings. The molecule has 0 amide bonds. The molecule has 0 radical (unpaired) electrons. The largest absolute Gasteiger partial charge is 0.491 e. The highest BCUT2D eigenvalue weighted by molar-refractivity contribution is 14.0. The van der Waals surface area contributed by atoms with Gasteiger partial charge in [0, 0.05) is 46.0 Å². The third-order valence-electron chi connectivity index (χ3n) is 5.46. The van der Waals surface area contributed by atoms with E-state index in [1.807, 2.05) is 14.0 Å². The Labute approximate surface area is 193 Å². The summed E-state index contributed by atoms with van der Waals surface area (Å²) >= 11 is 0. The van der Waals surface area contributed by atoms with Crippen LogP contribution in [-0.4, -0.2) is 53.1 Å². The monoisotopic (exact) mass is 519 g/mol. The Morgan fingerprint density at radius 1 is 1.17 bits per heavy atom. The minimum Gasteiger partial charge on any atom is -0.491 e. The van der Waals surface area contributed by atoms with Gasteiger partial charge in [-0.25, -0.2) is 0 Å². The van der Waals surface area contributed by atoms with Gasteiger partial charge in [0.15, 0.2) is 5.96 Å². The third-order valence-corrected chi connectivity index (χ3v) is 5.46. The molecule has 1 aromatic rings. The van der Waals surface area contributed by atoms with Crippen molar-refractivity contribution in [3.05, 3.63) is 29.3 Å². The molecule has 0 saturated heterocycles. The molecule has 7 heteroatoms. The number of methoxy groups -OCH3 is 1. The molecule has 0 aromatic heterocycles. The second-order valence-electron chi connectivity index (χ2n) is 7.53. The van der Waals surface area contributed by atoms with E-state index in [4.69, 9.17) is 14.2 Å². The molecule has 166 valence electrons. The molecule has 0 atom stereocenters. The molecule has 2 rings (SSSR count). The van der Waals surface area contributed by atoms with Gasteiger partial charge < -0.3 is 24.8 Å². The summed E-state index contributed by atoms with van der Waals surface area (Å²) in [6.07, 6.45) is 4.93. The maximum absolute atomic E-state index is 5.93. The number of aryl methyl sites for hydroxylation is 1. The van der Waals surface area contributed by atoms with Crippen LogP contribution in [0.4, 0.5) is 0 Å². The maximum Gasteiger partial charge on any atom is 0.191 e. The van der Waals surface area contributed by atoms with E-state index in [9.17, 15) is 0 Å². The molecule has 0 aliphatic heterocycles. The van der Waals surface area contributed by atoms with Crippen molar-refractivity contribution < 1.29 is 14.2 Å². The average Bonchev–Trinajstić information content (AvgIpc) is 2.67. The lowest BCUT2D eigenvalue weighted by Crippen LogP contribution is -2.46. The maximum atomic E-state index is 5.93. The summed E-state index contributed by atoms with van der Waals surface area (Å²) in [5.74, 6) is 1.72. The van der Waals surface area contributed by atoms with Crippen LogP contribution in [0.15, 0.2) is 23.2 Å². The zero-order valence-corrected chi connectivity index (χ0v) is 20.7. The first-order valence-electron chi connectivity index (χ1n) is 10.4. The molecule has 1 aliphatic carbocycles. The summed E-state index contributed by atoms with van der Waals surface area (Å²) in [5, 5.41) is 6.93. The quantitative estimate of drug-likeness (QED) is 0.190. The number of hydrogen-bond donors (Lipinski definition) is 2. The SMILES string of the molecule is CCOCCOc1cc(C)ccc1CNC(=NC)NCC1(CCOC)CCC1.I. The highest BCUT2D eigenvalue weighted by Gasteiger charge is 2.36. The zero-order valence-electron chi connectivity index (χ0n) is 18.4. The second-order valence-corrected chi connectivity index (χ2v) is 7.53. The summed E-state index contributed by atoms with van der Waals surface area (Å²) < 4.78 is 16.6. The summed E-state index contributed by atoms with van der Waals surface area (Å²) in [7, 11) is 3.59. The predicted octanol–water partition coefficient (Wildman–Crippen LogP) is 3.90. The smallest absolute Gasteiger partial charge is 0.191 e. The molecule has 0 unspecified atom stereocenters. The first-order valence-corrected chi connectivity index (χ1v) is 10.4. The molecule has 0 bridgehead atoms. The van der Waals surface area contributed by atoms with E-state index in [1.165, 1.54) is 24.8 Å². The number of halogens is 1. The van der Waals surface area contributed by atoms with Crippen LogP contribution in [0.3, 0.4) is 0 Å². The van der Waals surface area contributed by atoms with Crippen molar-refractivity contribution >= 4 is 29.9 Å². The lowest BCUT2D eigenvalue weighted by Gasteiger charge is -2.42. The first kappa shape index (κ1) is 26.0. The van der Waals surface area contributed by atoms with Crippen LogP contribution >= 0.6 is 24.0 Å². The molecular weight excluding hydrogens is 481 g/mol. The first-order chi connectivity index (χ1) is 13.6. The molecule has 1 aliphatic rings. The molecular formula is C22H38IN3O3. The van der Waals surface area contributed by atoms with Gasteiger partial charge in [-0.05, 0) is 50.2 Å². The van der Waals surface area contributed by atoms with E-state index >= 15 is 0 Å². The lowest BCUT2D eigenvalue weighted by atomic mass is 9.67. The van der Waals surface area contributed by atoms with Crippen molar-refractivity contribution in [2.24, 2.45) is 10.4 Å². The highest BCUT2D eigenvalue weighted by Crippen LogP contribution is 2.43. The molecule has 1 saturated carbocycles. The number of rotatable bonds is 12. The van der Waals surface area contributed by atoms with Gasteiger partial charge in [-0.1, -0.05) is 18.6 Å². The van der Waals surface area contributed by atoms with Gasteiger partial charge in [0.1, 0.15) is 12.4 Å². The number of nitrogens with zero attached hydrogens (tertiary/aromatic N) is 1. The molecule has 1 aromatic carbocycles. The van der Waals surface area contributed by atoms with Crippen LogP contribution in [0.25, 0.3) is 0 Å². The Morgan fingerprint density at radius 2 is 1.97 bits per heavy atom. The van der Waals surface area contributed by atoms with Gasteiger partial charge in [-0.15, -0.1) is 24.0 Å². The number of ether oxygens (including phenoxy) is 3. The summed E-state index contributed by atoms with van der Waals surface area (Å²) in [6, 6.07) is 6.29. The van der Waals surface area contributed by atoms with Crippen LogP contribution in [0.1, 0.15) is 43.7 Å². The van der Waals surface area contributed by atoms with Gasteiger partial charge in [-0.2, -0.15) is 0 Å². The van der Waals surface area contributed by atoms with Gasteiger partial charge in [0.05, 0.1) is 6.61 Å². The Morgan fingerprint density at radius 3 is 2.59 bits per heavy atom. The Kier molecular flexibility index (Phi) is 12.6. The van der Waals surface area contributed by atoms with Gasteiger partial charge in [0.25, 0.3) is 0 Å². The van der Waals surface area contributed by atoms with Crippen LogP contribution < -0.4 is 15.4 Å². The summed E-state index contributed by atoms with van der Waals surface area (Å²) in [5.41, 5.74) is 2.65. The van der Waals surface area contributed by atoms with E-state index in [-0.39, 0.29) is 24.0 Å². The number of guanidine groups is 1. The van der Waals surface area contributed by atoms with E-state index in [0.29, 0.717) is 31.8 Å². The normalized spacial score (nSPS) is 15.2. The Hall–Kier alpha value is -1.06. The van der Waals surface area contributed by atoms with Crippen LogP contribution in [0.5, 0.6) is 5.75 Å². The van der Waals surface area contributed by atoms with Crippen LogP contribution in [-0.2, 0) is 16.0 Å². The fourth-order valence-corrected chi connectivity index (χ4v) is 3.48. The van der Waals surface area contributed by atoms with E-state index in [2.05, 4.69) is 40.7 Å². The Bertz CT molecular complexity index is 621. The lowest BCUT2D eigenvalue weighted by molar-refractivity contribution is 0.0732. The molecule has 6 nitrogen and oxygen atoms in total. The number of nitrogens with one attached hydrogen (secondary N) is 2. The van der Waals surface area contributed by atoms with Crippen molar-refractivity contribution in [2.75, 3.05) is 47.1 Å². The topological polar surface area (TPSA) is 64.1 Å². The number of hydrogen-bond acceptors (Lipinski definition) is 4. The van der Waals surface area contributed by atoms with Crippen molar-refractivity contribution in [2.45, 2.75) is 46.1 Å². The van der Waals surface area contributed by atoms with Crippen LogP contribution in [0.2, 0.25) is 0 Å². The molecule has 2 N–H and O–H groups in total. The predicted molar refractivity (Wildman–Crippen MR) is 130 cm³/mol. The third kappa shape index (κ3) is 8.68. The average molecular weight is 519 g/mol. The minimum absolute atomic E-state index is 0. The standard InChI is InChI=1S/C22H37N3O3.HI/c1-5-27-13-14-28-20-15-18(2)7-8-19(20)16-24-21(23-3)25-17-22(9-6-10-22)11-12-26-4;/h7-8,15H,5-6,9-14,16-17H2,1-4H3,(H2,23,24,25);1H. The minimum atomic E-state index is 0. The molecule has 0 spiro atoms. The fourth-order valence-electron chi connectivity index (χ4n) is 3.48. The van der Waals surface area contributed by atoms with E-state index in [0.717, 1.165) is 36.8 Å². The summed E-state index contributed by atoms with van der Waals surface area (Å²) in [4.78, 5) is 4.38. The molecule has 0 heterocycles. The highest BCUT2D eigenvalue weighted by atomic mass is 127. The van der Waals surface area contributed by atoms with E-state index < -0.39 is 0 Å². The van der Waals surface area contributed by atoms with Crippen molar-refractivity contribution in [1.29, 1.82) is 0 Å². The molecule has 29 heavy (non-hydrogen) atoms. The van der Waals surface area contributed by atoms with Crippen molar-refractivity contribution in [1.82, 2.24) is 10.6 Å². The van der Waals surface area contributed by atoms with Crippen molar-refractivity contribution in [3.63, 3.8) is 0 Å². The second kappa shape index (κ2) is 14.0. The van der Waals surface area contributed by atoms with Crippen LogP contribution in [0, 0.1) is 12.3 Å². The number of aliphatic imine (C=N–C) groups is 1. The van der Waals surface area contributed by atoms with E-state index in [1.54, 1.807) is 7.11 Å². The fraction of sp³-hybridized carbons (Fsp3) is 0.682. The van der Waals surface area contributed by atoms with Gasteiger partial charge >= 0.3 is 0 Å². The number of benzene rings is 1. The van der Waals surface area contributed by atoms with Gasteiger partial charge in [-0.3, -0.25) is 4.99 Å². The van der Waals surface area contributed by atoms with Gasteiger partial charge in [0.2, 0.25) is 0 Å². The zero-order chi connectivity index (χ0) is 20.2. The van der Waals surface area contributed by atoms with Crippen molar-refractivity contribution in [3.8, 4) is 5.75 Å². The summed E-state index contributed by atoms with van der Waals surface area (Å²) in [6.45, 7) is 8.34. The Balaban J connectivity index is 0.00000420.